The molecule has 2 heterocycles. The average molecular weight is 296 g/mol. The molecular weight excluding hydrogens is 280 g/mol. The van der Waals surface area contributed by atoms with Gasteiger partial charge in [-0.2, -0.15) is 4.72 Å². The Balaban J connectivity index is 2.20. The molecule has 0 fully saturated rings. The molecule has 20 heavy (non-hydrogen) atoms. The smallest absolute Gasteiger partial charge is 0.258 e. The fourth-order valence-electron chi connectivity index (χ4n) is 1.72. The topological polar surface area (TPSA) is 116 Å². The minimum absolute atomic E-state index is 0.0521. The molecule has 3 N–H and O–H groups in total. The van der Waals surface area contributed by atoms with Crippen molar-refractivity contribution in [1.29, 1.82) is 0 Å². The highest BCUT2D eigenvalue weighted by molar-refractivity contribution is 7.89. The summed E-state index contributed by atoms with van der Waals surface area (Å²) in [4.78, 5) is 3.90. The first kappa shape index (κ1) is 14.6. The van der Waals surface area contributed by atoms with E-state index in [1.807, 2.05) is 0 Å². The third kappa shape index (κ3) is 3.00. The zero-order chi connectivity index (χ0) is 14.8. The highest BCUT2D eigenvalue weighted by Crippen LogP contribution is 2.13. The van der Waals surface area contributed by atoms with Crippen molar-refractivity contribution in [2.45, 2.75) is 24.5 Å². The lowest BCUT2D eigenvalue weighted by molar-refractivity contribution is 0.550. The molecule has 0 saturated heterocycles. The largest absolute Gasteiger partial charge is 0.326 e. The third-order valence-electron chi connectivity index (χ3n) is 2.77. The molecule has 0 spiro atoms. The predicted molar refractivity (Wildman–Crippen MR) is 71.9 cm³/mol. The molecule has 1 atom stereocenters. The highest BCUT2D eigenvalue weighted by Gasteiger charge is 2.22. The van der Waals surface area contributed by atoms with Crippen LogP contribution in [0.3, 0.4) is 0 Å². The Labute approximate surface area is 117 Å². The van der Waals surface area contributed by atoms with Gasteiger partial charge in [0.05, 0.1) is 6.04 Å². The number of aryl methyl sites for hydroxylation is 1. The summed E-state index contributed by atoms with van der Waals surface area (Å²) in [6.07, 6.45) is 2.95. The van der Waals surface area contributed by atoms with E-state index in [1.54, 1.807) is 24.6 Å². The van der Waals surface area contributed by atoms with Gasteiger partial charge in [-0.3, -0.25) is 0 Å². The van der Waals surface area contributed by atoms with Crippen molar-refractivity contribution in [1.82, 2.24) is 24.5 Å². The maximum Gasteiger partial charge on any atom is 0.258 e. The summed E-state index contributed by atoms with van der Waals surface area (Å²) in [5.74, 6) is 0.521. The first-order valence-corrected chi connectivity index (χ1v) is 7.43. The second-order valence-electron chi connectivity index (χ2n) is 4.35. The van der Waals surface area contributed by atoms with Gasteiger partial charge in [0, 0.05) is 19.8 Å². The van der Waals surface area contributed by atoms with E-state index in [4.69, 9.17) is 5.73 Å². The fraction of sp³-hybridized carbons (Fsp3) is 0.364. The molecule has 108 valence electrons. The molecular formula is C11H16N6O2S. The lowest BCUT2D eigenvalue weighted by Gasteiger charge is -2.13. The van der Waals surface area contributed by atoms with Crippen molar-refractivity contribution < 1.29 is 8.42 Å². The molecule has 0 radical (unpaired) electrons. The zero-order valence-corrected chi connectivity index (χ0v) is 12.0. The van der Waals surface area contributed by atoms with E-state index in [1.165, 1.54) is 18.6 Å². The van der Waals surface area contributed by atoms with Crippen LogP contribution in [0.5, 0.6) is 0 Å². The molecule has 1 unspecified atom stereocenters. The number of nitrogens with two attached hydrogens (primary N) is 1. The molecule has 2 aromatic heterocycles. The van der Waals surface area contributed by atoms with E-state index >= 15 is 0 Å². The lowest BCUT2D eigenvalue weighted by atomic mass is 10.3. The van der Waals surface area contributed by atoms with Crippen molar-refractivity contribution in [3.8, 4) is 0 Å². The number of aromatic nitrogens is 4. The number of rotatable bonds is 5. The van der Waals surface area contributed by atoms with Gasteiger partial charge in [0.2, 0.25) is 0 Å². The molecule has 0 aromatic carbocycles. The average Bonchev–Trinajstić information content (AvgIpc) is 2.84. The molecule has 0 aliphatic carbocycles. The van der Waals surface area contributed by atoms with Crippen LogP contribution in [-0.4, -0.2) is 28.2 Å². The number of pyridine rings is 1. The SMILES string of the molecule is CC(NS(=O)(=O)c1ccc(CN)cn1)c1nncn1C. The van der Waals surface area contributed by atoms with Crippen molar-refractivity contribution in [3.05, 3.63) is 36.0 Å². The summed E-state index contributed by atoms with van der Waals surface area (Å²) in [7, 11) is -1.97. The zero-order valence-electron chi connectivity index (χ0n) is 11.2. The van der Waals surface area contributed by atoms with Gasteiger partial charge in [0.15, 0.2) is 5.03 Å². The molecule has 8 nitrogen and oxygen atoms in total. The van der Waals surface area contributed by atoms with Crippen molar-refractivity contribution in [2.75, 3.05) is 0 Å². The van der Waals surface area contributed by atoms with Crippen LogP contribution in [-0.2, 0) is 23.6 Å². The second kappa shape index (κ2) is 5.65. The number of sulfonamides is 1. The number of nitrogens with zero attached hydrogens (tertiary/aromatic N) is 4. The van der Waals surface area contributed by atoms with Crippen LogP contribution >= 0.6 is 0 Å². The van der Waals surface area contributed by atoms with Gasteiger partial charge < -0.3 is 10.3 Å². The molecule has 0 aliphatic rings. The van der Waals surface area contributed by atoms with Gasteiger partial charge in [-0.05, 0) is 18.6 Å². The monoisotopic (exact) mass is 296 g/mol. The first-order valence-electron chi connectivity index (χ1n) is 5.95. The minimum Gasteiger partial charge on any atom is -0.326 e. The van der Waals surface area contributed by atoms with E-state index in [0.29, 0.717) is 12.4 Å². The summed E-state index contributed by atoms with van der Waals surface area (Å²) in [6, 6.07) is 2.55. The van der Waals surface area contributed by atoms with E-state index in [2.05, 4.69) is 19.9 Å². The van der Waals surface area contributed by atoms with Gasteiger partial charge >= 0.3 is 0 Å². The molecule has 9 heteroatoms. The molecule has 0 aliphatic heterocycles. The molecule has 0 amide bonds. The maximum absolute atomic E-state index is 12.2. The third-order valence-corrected chi connectivity index (χ3v) is 4.23. The van der Waals surface area contributed by atoms with Crippen LogP contribution < -0.4 is 10.5 Å². The Hall–Kier alpha value is -1.84. The van der Waals surface area contributed by atoms with Crippen LogP contribution in [0.25, 0.3) is 0 Å². The Morgan fingerprint density at radius 1 is 1.45 bits per heavy atom. The maximum atomic E-state index is 12.2. The van der Waals surface area contributed by atoms with E-state index in [9.17, 15) is 8.42 Å². The van der Waals surface area contributed by atoms with Crippen LogP contribution in [0.2, 0.25) is 0 Å². The first-order chi connectivity index (χ1) is 9.44. The van der Waals surface area contributed by atoms with Crippen LogP contribution in [0.15, 0.2) is 29.7 Å². The summed E-state index contributed by atoms with van der Waals surface area (Å²) < 4.78 is 28.5. The quantitative estimate of drug-likeness (QED) is 0.783. The van der Waals surface area contributed by atoms with Crippen LogP contribution in [0.4, 0.5) is 0 Å². The number of hydrogen-bond donors (Lipinski definition) is 2. The second-order valence-corrected chi connectivity index (χ2v) is 6.01. The van der Waals surface area contributed by atoms with Gasteiger partial charge in [-0.25, -0.2) is 13.4 Å². The summed E-state index contributed by atoms with van der Waals surface area (Å²) in [5, 5.41) is 7.53. The standard InChI is InChI=1S/C11H16N6O2S/c1-8(11-15-14-7-17(11)2)16-20(18,19)10-4-3-9(5-12)6-13-10/h3-4,6-8,16H,5,12H2,1-2H3. The molecule has 0 bridgehead atoms. The Morgan fingerprint density at radius 3 is 2.70 bits per heavy atom. The van der Waals surface area contributed by atoms with Crippen LogP contribution in [0.1, 0.15) is 24.4 Å². The Kier molecular flexibility index (Phi) is 4.12. The molecule has 0 saturated carbocycles. The summed E-state index contributed by atoms with van der Waals surface area (Å²) in [6.45, 7) is 2.01. The fourth-order valence-corrected chi connectivity index (χ4v) is 2.85. The Bertz CT molecular complexity index is 679. The van der Waals surface area contributed by atoms with Gasteiger partial charge in [-0.1, -0.05) is 6.07 Å². The Morgan fingerprint density at radius 2 is 2.20 bits per heavy atom. The molecule has 2 aromatic rings. The minimum atomic E-state index is -3.71. The van der Waals surface area contributed by atoms with E-state index in [0.717, 1.165) is 5.56 Å². The van der Waals surface area contributed by atoms with Crippen molar-refractivity contribution in [3.63, 3.8) is 0 Å². The van der Waals surface area contributed by atoms with Gasteiger partial charge in [-0.15, -0.1) is 10.2 Å². The van der Waals surface area contributed by atoms with Gasteiger partial charge in [0.1, 0.15) is 12.2 Å². The van der Waals surface area contributed by atoms with Crippen molar-refractivity contribution in [2.24, 2.45) is 12.8 Å². The van der Waals surface area contributed by atoms with Gasteiger partial charge in [0.25, 0.3) is 10.0 Å². The lowest BCUT2D eigenvalue weighted by Crippen LogP contribution is -2.29. The molecule has 2 rings (SSSR count). The predicted octanol–water partition coefficient (Wildman–Crippen LogP) is -0.292. The normalized spacial score (nSPS) is 13.3. The van der Waals surface area contributed by atoms with Crippen LogP contribution in [0, 0.1) is 0 Å². The van der Waals surface area contributed by atoms with Crippen molar-refractivity contribution >= 4 is 10.0 Å². The number of hydrogen-bond acceptors (Lipinski definition) is 6. The summed E-state index contributed by atoms with van der Waals surface area (Å²) >= 11 is 0. The van der Waals surface area contributed by atoms with E-state index in [-0.39, 0.29) is 5.03 Å². The highest BCUT2D eigenvalue weighted by atomic mass is 32.2. The van der Waals surface area contributed by atoms with E-state index < -0.39 is 16.1 Å². The number of nitrogens with one attached hydrogen (secondary N) is 1. The summed E-state index contributed by atoms with van der Waals surface area (Å²) in [5.41, 5.74) is 6.22.